The molecule has 0 bridgehead atoms. The average molecular weight is 244 g/mol. The summed E-state index contributed by atoms with van der Waals surface area (Å²) in [6, 6.07) is 1.46. The molecule has 0 amide bonds. The second-order valence-corrected chi connectivity index (χ2v) is 6.77. The first-order valence-corrected chi connectivity index (χ1v) is 7.72. The maximum absolute atomic E-state index is 3.75. The molecule has 2 nitrogen and oxygen atoms in total. The maximum Gasteiger partial charge on any atom is 0.0217 e. The Morgan fingerprint density at radius 1 is 1.25 bits per heavy atom. The van der Waals surface area contributed by atoms with Gasteiger partial charge in [-0.25, -0.2) is 0 Å². The molecule has 1 fully saturated rings. The number of nitrogens with zero attached hydrogens (tertiary/aromatic N) is 1. The van der Waals surface area contributed by atoms with Crippen LogP contribution in [0.3, 0.4) is 0 Å². The van der Waals surface area contributed by atoms with Crippen molar-refractivity contribution in [2.75, 3.05) is 32.1 Å². The second kappa shape index (κ2) is 7.57. The first kappa shape index (κ1) is 14.3. The van der Waals surface area contributed by atoms with E-state index in [1.807, 2.05) is 0 Å². The number of thioether (sulfide) groups is 1. The molecule has 1 unspecified atom stereocenters. The van der Waals surface area contributed by atoms with Gasteiger partial charge in [-0.05, 0) is 50.8 Å². The Hall–Kier alpha value is 0.270. The predicted molar refractivity (Wildman–Crippen MR) is 75.3 cm³/mol. The molecule has 1 rings (SSSR count). The normalized spacial score (nSPS) is 20.6. The Kier molecular flexibility index (Phi) is 6.78. The van der Waals surface area contributed by atoms with E-state index >= 15 is 0 Å². The molecule has 0 aromatic heterocycles. The smallest absolute Gasteiger partial charge is 0.0217 e. The number of hydrogen-bond donors (Lipinski definition) is 1. The lowest BCUT2D eigenvalue weighted by Crippen LogP contribution is -2.43. The van der Waals surface area contributed by atoms with Crippen molar-refractivity contribution >= 4 is 11.8 Å². The van der Waals surface area contributed by atoms with Crippen molar-refractivity contribution in [2.24, 2.45) is 5.92 Å². The van der Waals surface area contributed by atoms with Gasteiger partial charge in [0.05, 0.1) is 0 Å². The quantitative estimate of drug-likeness (QED) is 0.772. The summed E-state index contributed by atoms with van der Waals surface area (Å²) in [5, 5.41) is 3.75. The summed E-state index contributed by atoms with van der Waals surface area (Å²) < 4.78 is 0. The summed E-state index contributed by atoms with van der Waals surface area (Å²) in [6.45, 7) is 5.78. The summed E-state index contributed by atoms with van der Waals surface area (Å²) in [4.78, 5) is 2.37. The third-order valence-corrected chi connectivity index (χ3v) is 4.39. The average Bonchev–Trinajstić information content (AvgIpc) is 2.25. The topological polar surface area (TPSA) is 15.3 Å². The minimum Gasteiger partial charge on any atom is -0.312 e. The molecule has 0 aromatic carbocycles. The van der Waals surface area contributed by atoms with Gasteiger partial charge < -0.3 is 10.2 Å². The largest absolute Gasteiger partial charge is 0.312 e. The highest BCUT2D eigenvalue weighted by Crippen LogP contribution is 2.17. The van der Waals surface area contributed by atoms with Crippen molar-refractivity contribution in [1.82, 2.24) is 10.2 Å². The molecule has 0 radical (unpaired) electrons. The van der Waals surface area contributed by atoms with Crippen LogP contribution in [0.25, 0.3) is 0 Å². The summed E-state index contributed by atoms with van der Waals surface area (Å²) >= 11 is 2.10. The minimum absolute atomic E-state index is 0.689. The van der Waals surface area contributed by atoms with E-state index in [1.54, 1.807) is 0 Å². The van der Waals surface area contributed by atoms with Crippen LogP contribution in [0.5, 0.6) is 0 Å². The molecule has 0 aliphatic carbocycles. The van der Waals surface area contributed by atoms with Crippen LogP contribution in [0.1, 0.15) is 33.1 Å². The molecule has 16 heavy (non-hydrogen) atoms. The van der Waals surface area contributed by atoms with Gasteiger partial charge in [0.15, 0.2) is 0 Å². The van der Waals surface area contributed by atoms with Crippen molar-refractivity contribution in [3.63, 3.8) is 0 Å². The minimum atomic E-state index is 0.689. The van der Waals surface area contributed by atoms with Gasteiger partial charge in [-0.15, -0.1) is 0 Å². The van der Waals surface area contributed by atoms with E-state index in [4.69, 9.17) is 0 Å². The van der Waals surface area contributed by atoms with Crippen LogP contribution in [0, 0.1) is 5.92 Å². The van der Waals surface area contributed by atoms with Crippen molar-refractivity contribution in [1.29, 1.82) is 0 Å². The lowest BCUT2D eigenvalue weighted by atomic mass is 10.0. The van der Waals surface area contributed by atoms with Crippen LogP contribution >= 0.6 is 11.8 Å². The van der Waals surface area contributed by atoms with Gasteiger partial charge in [-0.3, -0.25) is 0 Å². The van der Waals surface area contributed by atoms with Crippen LogP contribution < -0.4 is 5.32 Å². The van der Waals surface area contributed by atoms with E-state index in [0.29, 0.717) is 6.04 Å². The fraction of sp³-hybridized carbons (Fsp3) is 1.00. The first-order valence-electron chi connectivity index (χ1n) is 6.57. The van der Waals surface area contributed by atoms with E-state index in [9.17, 15) is 0 Å². The highest BCUT2D eigenvalue weighted by molar-refractivity contribution is 7.99. The number of likely N-dealkylation sites (N-methyl/N-ethyl adjacent to an activating group) is 1. The van der Waals surface area contributed by atoms with Crippen LogP contribution in [0.4, 0.5) is 0 Å². The number of rotatable bonds is 6. The van der Waals surface area contributed by atoms with Crippen LogP contribution in [-0.4, -0.2) is 49.1 Å². The van der Waals surface area contributed by atoms with Gasteiger partial charge in [-0.1, -0.05) is 13.8 Å². The van der Waals surface area contributed by atoms with E-state index in [2.05, 4.69) is 49.9 Å². The van der Waals surface area contributed by atoms with Gasteiger partial charge >= 0.3 is 0 Å². The highest BCUT2D eigenvalue weighted by atomic mass is 32.2. The molecule has 1 heterocycles. The van der Waals surface area contributed by atoms with Crippen LogP contribution in [0.15, 0.2) is 0 Å². The van der Waals surface area contributed by atoms with Crippen molar-refractivity contribution in [2.45, 2.75) is 45.2 Å². The van der Waals surface area contributed by atoms with Gasteiger partial charge in [0, 0.05) is 18.6 Å². The molecule has 1 saturated heterocycles. The third kappa shape index (κ3) is 5.55. The van der Waals surface area contributed by atoms with Crippen molar-refractivity contribution < 1.29 is 0 Å². The molecule has 0 spiro atoms. The number of nitrogens with one attached hydrogen (secondary N) is 1. The molecule has 1 aliphatic rings. The fourth-order valence-electron chi connectivity index (χ4n) is 2.23. The van der Waals surface area contributed by atoms with Crippen LogP contribution in [0.2, 0.25) is 0 Å². The van der Waals surface area contributed by atoms with Crippen molar-refractivity contribution in [3.8, 4) is 0 Å². The predicted octanol–water partition coefficient (Wildman–Crippen LogP) is 2.45. The SMILES string of the molecule is CC(C)CC(CNC1CCSCC1)N(C)C. The fourth-order valence-corrected chi connectivity index (χ4v) is 3.33. The van der Waals surface area contributed by atoms with Gasteiger partial charge in [0.2, 0.25) is 0 Å². The molecule has 1 N–H and O–H groups in total. The zero-order valence-corrected chi connectivity index (χ0v) is 12.1. The first-order chi connectivity index (χ1) is 7.59. The van der Waals surface area contributed by atoms with Gasteiger partial charge in [0.1, 0.15) is 0 Å². The van der Waals surface area contributed by atoms with E-state index in [1.165, 1.54) is 30.8 Å². The molecule has 1 atom stereocenters. The third-order valence-electron chi connectivity index (χ3n) is 3.34. The molecular formula is C13H28N2S. The van der Waals surface area contributed by atoms with Gasteiger partial charge in [-0.2, -0.15) is 11.8 Å². The molecule has 1 aliphatic heterocycles. The number of hydrogen-bond acceptors (Lipinski definition) is 3. The molecule has 0 aromatic rings. The Bertz CT molecular complexity index is 177. The van der Waals surface area contributed by atoms with Crippen LogP contribution in [-0.2, 0) is 0 Å². The monoisotopic (exact) mass is 244 g/mol. The molecule has 0 saturated carbocycles. The second-order valence-electron chi connectivity index (χ2n) is 5.54. The standard InChI is InChI=1S/C13H28N2S/c1-11(2)9-13(15(3)4)10-14-12-5-7-16-8-6-12/h11-14H,5-10H2,1-4H3. The summed E-state index contributed by atoms with van der Waals surface area (Å²) in [5.74, 6) is 3.47. The highest BCUT2D eigenvalue weighted by Gasteiger charge is 2.17. The maximum atomic E-state index is 3.75. The summed E-state index contributed by atoms with van der Waals surface area (Å²) in [6.07, 6.45) is 4.00. The van der Waals surface area contributed by atoms with E-state index in [0.717, 1.165) is 18.5 Å². The lowest BCUT2D eigenvalue weighted by Gasteiger charge is -2.30. The van der Waals surface area contributed by atoms with Gasteiger partial charge in [0.25, 0.3) is 0 Å². The Morgan fingerprint density at radius 2 is 1.88 bits per heavy atom. The Morgan fingerprint density at radius 3 is 2.38 bits per heavy atom. The van der Waals surface area contributed by atoms with Crippen molar-refractivity contribution in [3.05, 3.63) is 0 Å². The van der Waals surface area contributed by atoms with E-state index < -0.39 is 0 Å². The summed E-state index contributed by atoms with van der Waals surface area (Å²) in [5.41, 5.74) is 0. The summed E-state index contributed by atoms with van der Waals surface area (Å²) in [7, 11) is 4.40. The molecule has 96 valence electrons. The zero-order chi connectivity index (χ0) is 12.0. The molecular weight excluding hydrogens is 216 g/mol. The Balaban J connectivity index is 2.25. The Labute approximate surface area is 106 Å². The molecule has 3 heteroatoms. The van der Waals surface area contributed by atoms with E-state index in [-0.39, 0.29) is 0 Å². The zero-order valence-electron chi connectivity index (χ0n) is 11.3. The lowest BCUT2D eigenvalue weighted by molar-refractivity contribution is 0.238.